The van der Waals surface area contributed by atoms with Crippen molar-refractivity contribution in [2.75, 3.05) is 30.3 Å². The summed E-state index contributed by atoms with van der Waals surface area (Å²) in [5, 5.41) is 10.2. The van der Waals surface area contributed by atoms with Crippen molar-refractivity contribution < 1.29 is 26.0 Å². The minimum Gasteiger partial charge on any atom is -0.403 e. The van der Waals surface area contributed by atoms with Crippen LogP contribution in [0.5, 0.6) is 0 Å². The van der Waals surface area contributed by atoms with Gasteiger partial charge in [0.25, 0.3) is 15.9 Å². The zero-order valence-corrected chi connectivity index (χ0v) is 22.4. The van der Waals surface area contributed by atoms with Crippen molar-refractivity contribution in [3.05, 3.63) is 84.4 Å². The number of sulfonamides is 2. The van der Waals surface area contributed by atoms with Crippen molar-refractivity contribution in [2.24, 2.45) is 0 Å². The van der Waals surface area contributed by atoms with Gasteiger partial charge >= 0.3 is 6.01 Å². The Labute approximate surface area is 220 Å². The van der Waals surface area contributed by atoms with Gasteiger partial charge < -0.3 is 4.42 Å². The summed E-state index contributed by atoms with van der Waals surface area (Å²) in [5.74, 6) is -0.497. The zero-order chi connectivity index (χ0) is 27.5. The highest BCUT2D eigenvalue weighted by Crippen LogP contribution is 2.25. The minimum atomic E-state index is -3.83. The molecule has 1 aromatic heterocycles. The summed E-state index contributed by atoms with van der Waals surface area (Å²) in [5.41, 5.74) is 1.19. The van der Waals surface area contributed by atoms with Gasteiger partial charge in [-0.05, 0) is 67.6 Å². The Hall–Kier alpha value is -4.07. The molecule has 0 aliphatic heterocycles. The van der Waals surface area contributed by atoms with E-state index >= 15 is 0 Å². The molecule has 1 N–H and O–H groups in total. The zero-order valence-electron chi connectivity index (χ0n) is 20.8. The molecule has 38 heavy (non-hydrogen) atoms. The molecule has 0 spiro atoms. The maximum absolute atomic E-state index is 13.1. The lowest BCUT2D eigenvalue weighted by molar-refractivity contribution is 0.102. The van der Waals surface area contributed by atoms with Crippen LogP contribution in [-0.4, -0.2) is 57.9 Å². The van der Waals surface area contributed by atoms with Crippen LogP contribution in [0.15, 0.2) is 93.1 Å². The highest BCUT2D eigenvalue weighted by atomic mass is 32.2. The summed E-state index contributed by atoms with van der Waals surface area (Å²) >= 11 is 0. The molecule has 0 saturated carbocycles. The number of anilines is 2. The maximum atomic E-state index is 13.1. The van der Waals surface area contributed by atoms with E-state index in [4.69, 9.17) is 4.42 Å². The second kappa shape index (κ2) is 10.7. The van der Waals surface area contributed by atoms with E-state index < -0.39 is 26.0 Å². The molecular weight excluding hydrogens is 530 g/mol. The molecule has 0 saturated heterocycles. The second-order valence-electron chi connectivity index (χ2n) is 8.21. The lowest BCUT2D eigenvalue weighted by Gasteiger charge is -2.22. The molecule has 4 aromatic rings. The fraction of sp³-hybridized carbons (Fsp3) is 0.160. The minimum absolute atomic E-state index is 0.0413. The van der Waals surface area contributed by atoms with E-state index in [1.807, 2.05) is 0 Å². The van der Waals surface area contributed by atoms with Crippen molar-refractivity contribution in [3.63, 3.8) is 0 Å². The van der Waals surface area contributed by atoms with Crippen LogP contribution in [0.1, 0.15) is 17.3 Å². The Morgan fingerprint density at radius 2 is 1.39 bits per heavy atom. The number of para-hydroxylation sites is 1. The summed E-state index contributed by atoms with van der Waals surface area (Å²) in [7, 11) is -4.54. The molecule has 13 heteroatoms. The van der Waals surface area contributed by atoms with Crippen LogP contribution in [0.2, 0.25) is 0 Å². The first-order valence-corrected chi connectivity index (χ1v) is 14.3. The molecule has 11 nitrogen and oxygen atoms in total. The SMILES string of the molecule is CCN(c1ccccc1)S(=O)(=O)c1ccc(C(=O)Nc2nnc(-c3ccc(S(=O)(=O)N(C)C)cc3)o2)cc1. The third-order valence-electron chi connectivity index (χ3n) is 5.56. The quantitative estimate of drug-likeness (QED) is 0.331. The van der Waals surface area contributed by atoms with Crippen LogP contribution in [0.3, 0.4) is 0 Å². The Kier molecular flexibility index (Phi) is 7.62. The molecule has 198 valence electrons. The normalized spacial score (nSPS) is 11.9. The van der Waals surface area contributed by atoms with Crippen LogP contribution in [-0.2, 0) is 20.0 Å². The number of carbonyl (C=O) groups excluding carboxylic acids is 1. The Bertz CT molecular complexity index is 1630. The number of aromatic nitrogens is 2. The summed E-state index contributed by atoms with van der Waals surface area (Å²) in [6, 6.07) is 19.9. The van der Waals surface area contributed by atoms with E-state index in [-0.39, 0.29) is 33.8 Å². The third-order valence-corrected chi connectivity index (χ3v) is 9.31. The van der Waals surface area contributed by atoms with Gasteiger partial charge in [0.05, 0.1) is 15.5 Å². The van der Waals surface area contributed by atoms with Crippen molar-refractivity contribution in [1.29, 1.82) is 0 Å². The van der Waals surface area contributed by atoms with Crippen LogP contribution in [0.25, 0.3) is 11.5 Å². The summed E-state index contributed by atoms with van der Waals surface area (Å²) < 4.78 is 58.6. The molecule has 0 aliphatic rings. The topological polar surface area (TPSA) is 143 Å². The van der Waals surface area contributed by atoms with Crippen LogP contribution in [0.4, 0.5) is 11.7 Å². The molecule has 4 rings (SSSR count). The molecule has 0 radical (unpaired) electrons. The Balaban J connectivity index is 1.47. The summed E-state index contributed by atoms with van der Waals surface area (Å²) in [4.78, 5) is 12.8. The van der Waals surface area contributed by atoms with Gasteiger partial charge in [0.15, 0.2) is 0 Å². The number of carbonyl (C=O) groups is 1. The predicted octanol–water partition coefficient (Wildman–Crippen LogP) is 3.45. The highest BCUT2D eigenvalue weighted by Gasteiger charge is 2.24. The summed E-state index contributed by atoms with van der Waals surface area (Å²) in [6.45, 7) is 1.98. The molecule has 1 heterocycles. The molecule has 1 amide bonds. The van der Waals surface area contributed by atoms with E-state index in [2.05, 4.69) is 15.5 Å². The third kappa shape index (κ3) is 5.44. The van der Waals surface area contributed by atoms with Crippen molar-refractivity contribution in [3.8, 4) is 11.5 Å². The van der Waals surface area contributed by atoms with Crippen LogP contribution in [0, 0.1) is 0 Å². The first kappa shape index (κ1) is 27.0. The number of hydrogen-bond acceptors (Lipinski definition) is 8. The number of nitrogens with zero attached hydrogens (tertiary/aromatic N) is 4. The van der Waals surface area contributed by atoms with Crippen LogP contribution < -0.4 is 9.62 Å². The van der Waals surface area contributed by atoms with Gasteiger partial charge in [-0.15, -0.1) is 5.10 Å². The van der Waals surface area contributed by atoms with Gasteiger partial charge in [-0.1, -0.05) is 23.3 Å². The largest absolute Gasteiger partial charge is 0.403 e. The molecule has 3 aromatic carbocycles. The van der Waals surface area contributed by atoms with E-state index in [1.165, 1.54) is 66.9 Å². The fourth-order valence-corrected chi connectivity index (χ4v) is 5.91. The molecule has 0 bridgehead atoms. The van der Waals surface area contributed by atoms with E-state index in [0.29, 0.717) is 11.3 Å². The number of rotatable bonds is 9. The smallest absolute Gasteiger partial charge is 0.322 e. The lowest BCUT2D eigenvalue weighted by Crippen LogP contribution is -2.30. The second-order valence-corrected chi connectivity index (χ2v) is 12.2. The average Bonchev–Trinajstić information content (AvgIpc) is 3.38. The van der Waals surface area contributed by atoms with E-state index in [1.54, 1.807) is 37.3 Å². The van der Waals surface area contributed by atoms with E-state index in [9.17, 15) is 21.6 Å². The predicted molar refractivity (Wildman–Crippen MR) is 142 cm³/mol. The Morgan fingerprint density at radius 3 is 1.97 bits per heavy atom. The highest BCUT2D eigenvalue weighted by molar-refractivity contribution is 7.92. The van der Waals surface area contributed by atoms with Crippen molar-refractivity contribution >= 4 is 37.7 Å². The lowest BCUT2D eigenvalue weighted by atomic mass is 10.2. The molecule has 0 fully saturated rings. The number of hydrogen-bond donors (Lipinski definition) is 1. The average molecular weight is 556 g/mol. The summed E-state index contributed by atoms with van der Waals surface area (Å²) in [6.07, 6.45) is 0. The number of amides is 1. The van der Waals surface area contributed by atoms with E-state index in [0.717, 1.165) is 4.31 Å². The van der Waals surface area contributed by atoms with Gasteiger partial charge in [0, 0.05) is 31.8 Å². The first-order chi connectivity index (χ1) is 18.0. The Morgan fingerprint density at radius 1 is 0.816 bits per heavy atom. The van der Waals surface area contributed by atoms with Gasteiger partial charge in [-0.25, -0.2) is 21.1 Å². The van der Waals surface area contributed by atoms with Gasteiger partial charge in [0.1, 0.15) is 0 Å². The van der Waals surface area contributed by atoms with Crippen molar-refractivity contribution in [1.82, 2.24) is 14.5 Å². The fourth-order valence-electron chi connectivity index (χ4n) is 3.53. The molecule has 0 unspecified atom stereocenters. The van der Waals surface area contributed by atoms with Crippen LogP contribution >= 0.6 is 0 Å². The molecular formula is C25H25N5O6S2. The van der Waals surface area contributed by atoms with Gasteiger partial charge in [0.2, 0.25) is 15.9 Å². The van der Waals surface area contributed by atoms with Crippen molar-refractivity contribution in [2.45, 2.75) is 16.7 Å². The van der Waals surface area contributed by atoms with Gasteiger partial charge in [-0.3, -0.25) is 14.4 Å². The number of nitrogens with one attached hydrogen (secondary N) is 1. The first-order valence-electron chi connectivity index (χ1n) is 11.4. The maximum Gasteiger partial charge on any atom is 0.322 e. The monoisotopic (exact) mass is 555 g/mol. The standard InChI is InChI=1S/C25H25N5O6S2/c1-4-30(20-8-6-5-7-9-20)38(34,35)22-14-10-18(11-15-22)23(31)26-25-28-27-24(36-25)19-12-16-21(17-13-19)37(32,33)29(2)3/h5-17H,4H2,1-3H3,(H,26,28,31). The van der Waals surface area contributed by atoms with Gasteiger partial charge in [-0.2, -0.15) is 0 Å². The molecule has 0 atom stereocenters. The molecule has 0 aliphatic carbocycles. The number of benzene rings is 3.